The molecule has 0 bridgehead atoms. The molecule has 0 aromatic rings. The standard InChI is InChI=1S/C17H33O5P/c1-4-7-9-11-13-21-23(19,16-15-20-17(18)6-3)22-14-12-10-8-5-2/h6H,3-5,7-16H2,1-2H3. The average Bonchev–Trinajstić information content (AvgIpc) is 2.54. The SMILES string of the molecule is C=CC(=O)OCCP(=O)(OCCCCCC)OCCCCCC. The topological polar surface area (TPSA) is 61.8 Å². The van der Waals surface area contributed by atoms with Gasteiger partial charge in [0.05, 0.1) is 19.4 Å². The molecule has 0 atom stereocenters. The minimum Gasteiger partial charge on any atom is -0.462 e. The van der Waals surface area contributed by atoms with Crippen molar-refractivity contribution >= 4 is 13.6 Å². The van der Waals surface area contributed by atoms with Crippen LogP contribution in [0.2, 0.25) is 0 Å². The molecule has 0 fully saturated rings. The first-order valence-electron chi connectivity index (χ1n) is 8.75. The van der Waals surface area contributed by atoms with E-state index in [2.05, 4.69) is 20.4 Å². The van der Waals surface area contributed by atoms with E-state index in [1.54, 1.807) is 0 Å². The Morgan fingerprint density at radius 2 is 1.43 bits per heavy atom. The van der Waals surface area contributed by atoms with E-state index in [0.717, 1.165) is 57.4 Å². The van der Waals surface area contributed by atoms with Crippen molar-refractivity contribution in [2.45, 2.75) is 65.2 Å². The molecule has 0 spiro atoms. The summed E-state index contributed by atoms with van der Waals surface area (Å²) in [6.07, 6.45) is 9.58. The predicted molar refractivity (Wildman–Crippen MR) is 93.8 cm³/mol. The van der Waals surface area contributed by atoms with Gasteiger partial charge in [0, 0.05) is 6.08 Å². The van der Waals surface area contributed by atoms with Gasteiger partial charge < -0.3 is 13.8 Å². The number of hydrogen-bond acceptors (Lipinski definition) is 5. The number of carbonyl (C=O) groups is 1. The van der Waals surface area contributed by atoms with Crippen LogP contribution in [-0.2, 0) is 23.1 Å². The highest BCUT2D eigenvalue weighted by molar-refractivity contribution is 7.53. The second-order valence-corrected chi connectivity index (χ2v) is 7.68. The molecule has 0 amide bonds. The number of rotatable bonds is 16. The van der Waals surface area contributed by atoms with Crippen LogP contribution >= 0.6 is 7.60 Å². The van der Waals surface area contributed by atoms with Crippen molar-refractivity contribution in [3.63, 3.8) is 0 Å². The van der Waals surface area contributed by atoms with E-state index in [0.29, 0.717) is 13.2 Å². The van der Waals surface area contributed by atoms with Crippen LogP contribution < -0.4 is 0 Å². The lowest BCUT2D eigenvalue weighted by Crippen LogP contribution is -2.10. The molecular formula is C17H33O5P. The van der Waals surface area contributed by atoms with E-state index in [4.69, 9.17) is 13.8 Å². The second kappa shape index (κ2) is 14.9. The molecule has 6 heteroatoms. The molecule has 0 saturated carbocycles. The first kappa shape index (κ1) is 22.4. The lowest BCUT2D eigenvalue weighted by atomic mass is 10.2. The number of ether oxygens (including phenoxy) is 1. The van der Waals surface area contributed by atoms with Crippen LogP contribution in [0.25, 0.3) is 0 Å². The molecule has 0 unspecified atom stereocenters. The zero-order valence-corrected chi connectivity index (χ0v) is 15.7. The normalized spacial score (nSPS) is 11.4. The third-order valence-electron chi connectivity index (χ3n) is 3.35. The van der Waals surface area contributed by atoms with E-state index < -0.39 is 13.6 Å². The smallest absolute Gasteiger partial charge is 0.334 e. The van der Waals surface area contributed by atoms with Crippen LogP contribution in [0.1, 0.15) is 65.2 Å². The highest BCUT2D eigenvalue weighted by Gasteiger charge is 2.24. The Morgan fingerprint density at radius 3 is 1.87 bits per heavy atom. The molecule has 0 aliphatic rings. The Bertz CT molecular complexity index is 339. The summed E-state index contributed by atoms with van der Waals surface area (Å²) in [4.78, 5) is 11.1. The van der Waals surface area contributed by atoms with E-state index in [9.17, 15) is 9.36 Å². The maximum absolute atomic E-state index is 12.7. The molecule has 0 aliphatic carbocycles. The van der Waals surface area contributed by atoms with Gasteiger partial charge in [-0.05, 0) is 12.8 Å². The fraction of sp³-hybridized carbons (Fsp3) is 0.824. The predicted octanol–water partition coefficient (Wildman–Crippen LogP) is 5.10. The van der Waals surface area contributed by atoms with Crippen molar-refractivity contribution in [1.29, 1.82) is 0 Å². The van der Waals surface area contributed by atoms with Crippen molar-refractivity contribution in [2.24, 2.45) is 0 Å². The lowest BCUT2D eigenvalue weighted by Gasteiger charge is -2.18. The molecular weight excluding hydrogens is 315 g/mol. The zero-order chi connectivity index (χ0) is 17.4. The Balaban J connectivity index is 4.18. The van der Waals surface area contributed by atoms with Crippen molar-refractivity contribution < 1.29 is 23.1 Å². The molecule has 0 aromatic carbocycles. The largest absolute Gasteiger partial charge is 0.462 e. The quantitative estimate of drug-likeness (QED) is 0.168. The molecule has 0 rings (SSSR count). The minimum absolute atomic E-state index is 0.0199. The van der Waals surface area contributed by atoms with E-state index in [-0.39, 0.29) is 12.8 Å². The van der Waals surface area contributed by atoms with Gasteiger partial charge in [-0.2, -0.15) is 0 Å². The first-order chi connectivity index (χ1) is 11.1. The molecule has 0 radical (unpaired) electrons. The molecule has 0 aliphatic heterocycles. The van der Waals surface area contributed by atoms with Crippen molar-refractivity contribution in [2.75, 3.05) is 26.0 Å². The van der Waals surface area contributed by atoms with E-state index >= 15 is 0 Å². The first-order valence-corrected chi connectivity index (χ1v) is 10.5. The third-order valence-corrected chi connectivity index (χ3v) is 5.23. The average molecular weight is 348 g/mol. The zero-order valence-electron chi connectivity index (χ0n) is 14.8. The Kier molecular flexibility index (Phi) is 14.5. The fourth-order valence-electron chi connectivity index (χ4n) is 1.95. The summed E-state index contributed by atoms with van der Waals surface area (Å²) >= 11 is 0. The van der Waals surface area contributed by atoms with Gasteiger partial charge >= 0.3 is 13.6 Å². The number of unbranched alkanes of at least 4 members (excludes halogenated alkanes) is 6. The lowest BCUT2D eigenvalue weighted by molar-refractivity contribution is -0.137. The Morgan fingerprint density at radius 1 is 0.913 bits per heavy atom. The summed E-state index contributed by atoms with van der Waals surface area (Å²) in [6, 6.07) is 0. The minimum atomic E-state index is -3.19. The second-order valence-electron chi connectivity index (χ2n) is 5.49. The molecule has 23 heavy (non-hydrogen) atoms. The van der Waals surface area contributed by atoms with Crippen LogP contribution in [0.3, 0.4) is 0 Å². The Labute approximate surface area is 141 Å². The van der Waals surface area contributed by atoms with Gasteiger partial charge in [0.2, 0.25) is 0 Å². The summed E-state index contributed by atoms with van der Waals surface area (Å²) in [5.41, 5.74) is 0. The van der Waals surface area contributed by atoms with Crippen LogP contribution in [0.4, 0.5) is 0 Å². The van der Waals surface area contributed by atoms with Crippen LogP contribution in [0.5, 0.6) is 0 Å². The van der Waals surface area contributed by atoms with Crippen LogP contribution in [-0.4, -0.2) is 32.0 Å². The monoisotopic (exact) mass is 348 g/mol. The summed E-state index contributed by atoms with van der Waals surface area (Å²) in [5, 5.41) is 0. The Hall–Kier alpha value is -0.640. The van der Waals surface area contributed by atoms with Crippen molar-refractivity contribution in [3.8, 4) is 0 Å². The van der Waals surface area contributed by atoms with Gasteiger partial charge in [0.1, 0.15) is 6.61 Å². The summed E-state index contributed by atoms with van der Waals surface area (Å²) in [7, 11) is -3.19. The molecule has 0 aromatic heterocycles. The van der Waals surface area contributed by atoms with Gasteiger partial charge in [-0.25, -0.2) is 4.79 Å². The molecule has 5 nitrogen and oxygen atoms in total. The summed E-state index contributed by atoms with van der Waals surface area (Å²) in [6.45, 7) is 8.46. The van der Waals surface area contributed by atoms with Gasteiger partial charge in [-0.15, -0.1) is 0 Å². The summed E-state index contributed by atoms with van der Waals surface area (Å²) in [5.74, 6) is -0.526. The van der Waals surface area contributed by atoms with Crippen molar-refractivity contribution in [1.82, 2.24) is 0 Å². The van der Waals surface area contributed by atoms with Gasteiger partial charge in [0.15, 0.2) is 0 Å². The fourth-order valence-corrected chi connectivity index (χ4v) is 3.41. The number of esters is 1. The number of carbonyl (C=O) groups excluding carboxylic acids is 1. The summed E-state index contributed by atoms with van der Waals surface area (Å²) < 4.78 is 28.6. The molecule has 0 saturated heterocycles. The van der Waals surface area contributed by atoms with Crippen LogP contribution in [0.15, 0.2) is 12.7 Å². The van der Waals surface area contributed by atoms with Crippen LogP contribution in [0, 0.1) is 0 Å². The van der Waals surface area contributed by atoms with Gasteiger partial charge in [-0.3, -0.25) is 4.57 Å². The molecule has 136 valence electrons. The van der Waals surface area contributed by atoms with Gasteiger partial charge in [0.25, 0.3) is 0 Å². The molecule has 0 heterocycles. The highest BCUT2D eigenvalue weighted by atomic mass is 31.2. The van der Waals surface area contributed by atoms with E-state index in [1.807, 2.05) is 0 Å². The highest BCUT2D eigenvalue weighted by Crippen LogP contribution is 2.48. The van der Waals surface area contributed by atoms with E-state index in [1.165, 1.54) is 0 Å². The molecule has 0 N–H and O–H groups in total. The third kappa shape index (κ3) is 13.5. The van der Waals surface area contributed by atoms with Gasteiger partial charge in [-0.1, -0.05) is 59.0 Å². The van der Waals surface area contributed by atoms with Crippen molar-refractivity contribution in [3.05, 3.63) is 12.7 Å². The maximum Gasteiger partial charge on any atom is 0.334 e. The maximum atomic E-state index is 12.7. The number of hydrogen-bond donors (Lipinski definition) is 0.